The van der Waals surface area contributed by atoms with Crippen LogP contribution < -0.4 is 10.2 Å². The summed E-state index contributed by atoms with van der Waals surface area (Å²) < 4.78 is 0. The van der Waals surface area contributed by atoms with E-state index in [0.717, 1.165) is 0 Å². The number of hydrogen-bond donors (Lipinski definition) is 0. The maximum Gasteiger partial charge on any atom is 2.00 e. The number of aromatic carboxylic acids is 2. The van der Waals surface area contributed by atoms with Gasteiger partial charge in [-0.1, -0.05) is 46.4 Å². The smallest absolute Gasteiger partial charge is 0.545 e. The van der Waals surface area contributed by atoms with E-state index in [0.29, 0.717) is 0 Å². The van der Waals surface area contributed by atoms with E-state index in [9.17, 15) is 19.8 Å². The van der Waals surface area contributed by atoms with Crippen LogP contribution in [0.2, 0.25) is 20.1 Å². The van der Waals surface area contributed by atoms with Crippen LogP contribution in [0.3, 0.4) is 0 Å². The topological polar surface area (TPSA) is 80.3 Å². The van der Waals surface area contributed by atoms with E-state index in [1.165, 1.54) is 36.4 Å². The van der Waals surface area contributed by atoms with Crippen molar-refractivity contribution in [2.75, 3.05) is 0 Å². The van der Waals surface area contributed by atoms with Crippen molar-refractivity contribution >= 4 is 96.1 Å². The van der Waals surface area contributed by atoms with E-state index in [-0.39, 0.29) is 69.0 Å². The van der Waals surface area contributed by atoms with E-state index in [4.69, 9.17) is 46.4 Å². The van der Waals surface area contributed by atoms with E-state index in [2.05, 4.69) is 0 Å². The van der Waals surface area contributed by atoms with Gasteiger partial charge < -0.3 is 19.8 Å². The molecule has 2 rings (SSSR count). The van der Waals surface area contributed by atoms with Gasteiger partial charge in [-0.05, 0) is 36.4 Å². The Kier molecular flexibility index (Phi) is 10.5. The van der Waals surface area contributed by atoms with Crippen LogP contribution in [0.25, 0.3) is 0 Å². The zero-order valence-electron chi connectivity index (χ0n) is 11.3. The number of carbonyl (C=O) groups excluding carboxylic acids is 2. The molecule has 0 aliphatic heterocycles. The molecule has 0 N–H and O–H groups in total. The van der Waals surface area contributed by atoms with Gasteiger partial charge in [-0.15, -0.1) is 0 Å². The summed E-state index contributed by atoms with van der Waals surface area (Å²) in [5.74, 6) is -2.57. The first-order chi connectivity index (χ1) is 10.2. The van der Waals surface area contributed by atoms with Crippen LogP contribution in [0, 0.1) is 0 Å². The minimum Gasteiger partial charge on any atom is -0.545 e. The Hall–Kier alpha value is -0.200. The number of carboxylic acids is 2. The Morgan fingerprint density at radius 3 is 1.00 bits per heavy atom. The Bertz CT molecular complexity index is 620. The summed E-state index contributed by atoms with van der Waals surface area (Å²) in [4.78, 5) is 20.6. The molecule has 0 radical (unpaired) electrons. The Morgan fingerprint density at radius 2 is 0.826 bits per heavy atom. The van der Waals surface area contributed by atoms with Crippen molar-refractivity contribution < 1.29 is 19.8 Å². The van der Waals surface area contributed by atoms with Gasteiger partial charge in [0.05, 0.1) is 11.9 Å². The second kappa shape index (κ2) is 10.6. The van der Waals surface area contributed by atoms with Gasteiger partial charge in [-0.2, -0.15) is 0 Å². The van der Waals surface area contributed by atoms with Crippen LogP contribution in [-0.2, 0) is 0 Å². The summed E-state index contributed by atoms with van der Waals surface area (Å²) in [6.45, 7) is 0. The third-order valence-electron chi connectivity index (χ3n) is 2.20. The van der Waals surface area contributed by atoms with Crippen LogP contribution >= 0.6 is 46.4 Å². The minimum atomic E-state index is -1.28. The number of carbonyl (C=O) groups is 2. The van der Waals surface area contributed by atoms with Gasteiger partial charge in [-0.25, -0.2) is 0 Å². The molecule has 116 valence electrons. The molecule has 0 heterocycles. The number of rotatable bonds is 2. The average molecular weight is 420 g/mol. The van der Waals surface area contributed by atoms with E-state index in [1.54, 1.807) is 0 Å². The van der Waals surface area contributed by atoms with Crippen LogP contribution in [-0.4, -0.2) is 49.7 Å². The summed E-state index contributed by atoms with van der Waals surface area (Å²) in [6.07, 6.45) is 0. The molecule has 2 aromatic carbocycles. The van der Waals surface area contributed by atoms with Crippen molar-refractivity contribution in [1.29, 1.82) is 0 Å². The minimum absolute atomic E-state index is 0. The summed E-state index contributed by atoms with van der Waals surface area (Å²) in [6, 6.07) is 8.03. The largest absolute Gasteiger partial charge is 2.00 e. The summed E-state index contributed by atoms with van der Waals surface area (Å²) in [5.41, 5.74) is -0.0231. The van der Waals surface area contributed by atoms with E-state index in [1.807, 2.05) is 0 Å². The van der Waals surface area contributed by atoms with Gasteiger partial charge >= 0.3 is 37.7 Å². The summed E-state index contributed by atoms with van der Waals surface area (Å²) in [5, 5.41) is 21.7. The molecule has 2 aromatic rings. The Balaban J connectivity index is 0.000000403. The third-order valence-corrected chi connectivity index (χ3v) is 3.07. The van der Waals surface area contributed by atoms with Gasteiger partial charge in [0.15, 0.2) is 0 Å². The quantitative estimate of drug-likeness (QED) is 0.699. The summed E-state index contributed by atoms with van der Waals surface area (Å²) in [7, 11) is 0. The second-order valence-electron chi connectivity index (χ2n) is 3.89. The maximum atomic E-state index is 10.3. The Morgan fingerprint density at radius 1 is 0.609 bits per heavy atom. The molecule has 0 aliphatic carbocycles. The van der Waals surface area contributed by atoms with Gasteiger partial charge in [-0.3, -0.25) is 0 Å². The van der Waals surface area contributed by atoms with Crippen LogP contribution in [0.5, 0.6) is 0 Å². The average Bonchev–Trinajstić information content (AvgIpc) is 2.37. The first kappa shape index (κ1) is 22.8. The predicted molar refractivity (Wildman–Crippen MR) is 87.3 cm³/mol. The third kappa shape index (κ3) is 8.45. The molecule has 0 amide bonds. The maximum absolute atomic E-state index is 10.3. The fourth-order valence-corrected chi connectivity index (χ4v) is 2.40. The Labute approximate surface area is 181 Å². The van der Waals surface area contributed by atoms with Gasteiger partial charge in [0.2, 0.25) is 0 Å². The van der Waals surface area contributed by atoms with Crippen LogP contribution in [0.4, 0.5) is 0 Å². The molecular weight excluding hydrogens is 414 g/mol. The molecule has 0 saturated heterocycles. The molecular formula is C14H6CaCl4O4. The van der Waals surface area contributed by atoms with E-state index >= 15 is 0 Å². The molecule has 0 aliphatic rings. The van der Waals surface area contributed by atoms with Gasteiger partial charge in [0.1, 0.15) is 0 Å². The van der Waals surface area contributed by atoms with Crippen molar-refractivity contribution in [3.8, 4) is 0 Å². The second-order valence-corrected chi connectivity index (χ2v) is 5.64. The van der Waals surface area contributed by atoms with Crippen molar-refractivity contribution in [3.63, 3.8) is 0 Å². The van der Waals surface area contributed by atoms with Crippen molar-refractivity contribution in [2.45, 2.75) is 0 Å². The van der Waals surface area contributed by atoms with Crippen LogP contribution in [0.1, 0.15) is 20.7 Å². The molecule has 0 fully saturated rings. The zero-order valence-corrected chi connectivity index (χ0v) is 16.5. The monoisotopic (exact) mass is 418 g/mol. The fraction of sp³-hybridized carbons (Fsp3) is 0. The predicted octanol–water partition coefficient (Wildman–Crippen LogP) is 2.33. The van der Waals surface area contributed by atoms with Gasteiger partial charge in [0.25, 0.3) is 0 Å². The number of halogens is 4. The standard InChI is InChI=1S/2C7H4Cl2O2.Ca/c2*8-5-1-4(7(10)11)2-6(9)3-5;/h2*1-3H,(H,10,11);/q;;+2/p-2. The summed E-state index contributed by atoms with van der Waals surface area (Å²) >= 11 is 22.1. The number of benzene rings is 2. The van der Waals surface area contributed by atoms with E-state index < -0.39 is 11.9 Å². The molecule has 0 spiro atoms. The SMILES string of the molecule is O=C([O-])c1cc(Cl)cc(Cl)c1.O=C([O-])c1cc(Cl)cc(Cl)c1.[Ca+2]. The fourth-order valence-electron chi connectivity index (χ4n) is 1.34. The molecule has 0 aromatic heterocycles. The molecule has 0 bridgehead atoms. The number of hydrogen-bond acceptors (Lipinski definition) is 4. The molecule has 4 nitrogen and oxygen atoms in total. The molecule has 9 heteroatoms. The first-order valence-electron chi connectivity index (χ1n) is 5.54. The van der Waals surface area contributed by atoms with Crippen molar-refractivity contribution in [3.05, 3.63) is 67.6 Å². The van der Waals surface area contributed by atoms with Crippen LogP contribution in [0.15, 0.2) is 36.4 Å². The zero-order chi connectivity index (χ0) is 16.9. The molecule has 0 unspecified atom stereocenters. The molecule has 0 atom stereocenters. The molecule has 23 heavy (non-hydrogen) atoms. The normalized spacial score (nSPS) is 9.22. The van der Waals surface area contributed by atoms with Crippen molar-refractivity contribution in [1.82, 2.24) is 0 Å². The van der Waals surface area contributed by atoms with Crippen molar-refractivity contribution in [2.24, 2.45) is 0 Å². The first-order valence-corrected chi connectivity index (χ1v) is 7.05. The van der Waals surface area contributed by atoms with Gasteiger partial charge in [0, 0.05) is 31.2 Å². The molecule has 0 saturated carbocycles. The number of carboxylic acid groups (broad SMARTS) is 2.